The number of halogens is 1. The van der Waals surface area contributed by atoms with Crippen LogP contribution < -0.4 is 0 Å². The largest absolute Gasteiger partial charge is 0.507 e. The zero-order valence-electron chi connectivity index (χ0n) is 16.0. The molecule has 1 aromatic heterocycles. The first kappa shape index (κ1) is 19.7. The highest BCUT2D eigenvalue weighted by Gasteiger charge is 2.46. The molecule has 28 heavy (non-hydrogen) atoms. The molecule has 1 saturated heterocycles. The average Bonchev–Trinajstić information content (AvgIpc) is 2.93. The third-order valence-corrected chi connectivity index (χ3v) is 4.73. The lowest BCUT2D eigenvalue weighted by Crippen LogP contribution is -2.35. The maximum atomic E-state index is 13.6. The van der Waals surface area contributed by atoms with Gasteiger partial charge in [-0.25, -0.2) is 4.39 Å². The van der Waals surface area contributed by atoms with Crippen LogP contribution in [0.2, 0.25) is 0 Å². The predicted octanol–water partition coefficient (Wildman–Crippen LogP) is 2.51. The van der Waals surface area contributed by atoms with E-state index in [9.17, 15) is 19.1 Å². The zero-order chi connectivity index (χ0) is 20.4. The standard InChI is InChI=1S/C21H22FN3O3/c1-13-12-14(7-8-15(13)22)19(26)17-18(16-6-4-5-9-23-16)25(11-10-24(2)3)21(28)20(17)27/h4-9,12,18,26H,10-11H2,1-3H3/b19-17-. The highest BCUT2D eigenvalue weighted by Crippen LogP contribution is 2.38. The second-order valence-electron chi connectivity index (χ2n) is 7.01. The Bertz CT molecular complexity index is 941. The predicted molar refractivity (Wildman–Crippen MR) is 103 cm³/mol. The summed E-state index contributed by atoms with van der Waals surface area (Å²) in [6.07, 6.45) is 1.57. The molecule has 1 N–H and O–H groups in total. The number of aromatic nitrogens is 1. The van der Waals surface area contributed by atoms with Crippen molar-refractivity contribution in [2.24, 2.45) is 0 Å². The van der Waals surface area contributed by atoms with Crippen molar-refractivity contribution < 1.29 is 19.1 Å². The van der Waals surface area contributed by atoms with E-state index in [1.165, 1.54) is 23.1 Å². The molecule has 3 rings (SSSR count). The summed E-state index contributed by atoms with van der Waals surface area (Å²) >= 11 is 0. The summed E-state index contributed by atoms with van der Waals surface area (Å²) in [4.78, 5) is 33.1. The molecule has 1 unspecified atom stereocenters. The summed E-state index contributed by atoms with van der Waals surface area (Å²) in [7, 11) is 3.74. The lowest BCUT2D eigenvalue weighted by Gasteiger charge is -2.25. The van der Waals surface area contributed by atoms with Gasteiger partial charge in [0.2, 0.25) is 0 Å². The molecule has 2 heterocycles. The van der Waals surface area contributed by atoms with E-state index in [-0.39, 0.29) is 16.9 Å². The number of aliphatic hydroxyl groups excluding tert-OH is 1. The van der Waals surface area contributed by atoms with Gasteiger partial charge in [0.1, 0.15) is 17.6 Å². The Morgan fingerprint density at radius 1 is 1.25 bits per heavy atom. The second kappa shape index (κ2) is 7.90. The maximum Gasteiger partial charge on any atom is 0.295 e. The lowest BCUT2D eigenvalue weighted by molar-refractivity contribution is -0.140. The number of Topliss-reactive ketones (excluding diaryl/α,β-unsaturated/α-hetero) is 1. The quantitative estimate of drug-likeness (QED) is 0.488. The van der Waals surface area contributed by atoms with Gasteiger partial charge in [-0.05, 0) is 56.9 Å². The molecule has 1 aliphatic heterocycles. The fourth-order valence-corrected chi connectivity index (χ4v) is 3.21. The van der Waals surface area contributed by atoms with E-state index in [4.69, 9.17) is 0 Å². The molecule has 1 fully saturated rings. The fraction of sp³-hybridized carbons (Fsp3) is 0.286. The molecule has 1 aromatic carbocycles. The number of aliphatic hydroxyl groups is 1. The summed E-state index contributed by atoms with van der Waals surface area (Å²) < 4.78 is 13.6. The summed E-state index contributed by atoms with van der Waals surface area (Å²) in [5, 5.41) is 10.9. The number of hydrogen-bond donors (Lipinski definition) is 1. The molecular weight excluding hydrogens is 361 g/mol. The Hall–Kier alpha value is -3.06. The number of benzene rings is 1. The Labute approximate surface area is 162 Å². The molecule has 1 amide bonds. The number of pyridine rings is 1. The van der Waals surface area contributed by atoms with Crippen molar-refractivity contribution in [3.8, 4) is 0 Å². The molecule has 1 atom stereocenters. The number of likely N-dealkylation sites (N-methyl/N-ethyl adjacent to an activating group) is 1. The lowest BCUT2D eigenvalue weighted by atomic mass is 9.97. The maximum absolute atomic E-state index is 13.6. The van der Waals surface area contributed by atoms with Gasteiger partial charge in [0.25, 0.3) is 11.7 Å². The highest BCUT2D eigenvalue weighted by atomic mass is 19.1. The van der Waals surface area contributed by atoms with Gasteiger partial charge in [0.15, 0.2) is 0 Å². The molecule has 7 heteroatoms. The van der Waals surface area contributed by atoms with E-state index in [0.29, 0.717) is 24.3 Å². The minimum atomic E-state index is -0.800. The number of nitrogens with zero attached hydrogens (tertiary/aromatic N) is 3. The van der Waals surface area contributed by atoms with Gasteiger partial charge < -0.3 is 14.9 Å². The smallest absolute Gasteiger partial charge is 0.295 e. The van der Waals surface area contributed by atoms with Gasteiger partial charge in [-0.3, -0.25) is 14.6 Å². The van der Waals surface area contributed by atoms with Crippen LogP contribution in [-0.2, 0) is 9.59 Å². The van der Waals surface area contributed by atoms with E-state index in [2.05, 4.69) is 4.98 Å². The number of rotatable bonds is 5. The Balaban J connectivity index is 2.14. The first-order valence-corrected chi connectivity index (χ1v) is 8.92. The van der Waals surface area contributed by atoms with Gasteiger partial charge >= 0.3 is 0 Å². The van der Waals surface area contributed by atoms with Crippen LogP contribution in [0, 0.1) is 12.7 Å². The molecule has 0 aliphatic carbocycles. The van der Waals surface area contributed by atoms with Gasteiger partial charge in [-0.1, -0.05) is 6.07 Å². The van der Waals surface area contributed by atoms with E-state index < -0.39 is 23.5 Å². The molecule has 2 aromatic rings. The minimum Gasteiger partial charge on any atom is -0.507 e. The van der Waals surface area contributed by atoms with Crippen LogP contribution >= 0.6 is 0 Å². The number of hydrogen-bond acceptors (Lipinski definition) is 5. The van der Waals surface area contributed by atoms with Crippen LogP contribution in [0.15, 0.2) is 48.2 Å². The van der Waals surface area contributed by atoms with Crippen molar-refractivity contribution in [1.29, 1.82) is 0 Å². The van der Waals surface area contributed by atoms with Crippen molar-refractivity contribution in [3.63, 3.8) is 0 Å². The van der Waals surface area contributed by atoms with Gasteiger partial charge in [-0.15, -0.1) is 0 Å². The molecule has 6 nitrogen and oxygen atoms in total. The van der Waals surface area contributed by atoms with Gasteiger partial charge in [0.05, 0.1) is 11.3 Å². The third kappa shape index (κ3) is 3.66. The molecule has 0 spiro atoms. The van der Waals surface area contributed by atoms with Crippen LogP contribution in [0.5, 0.6) is 0 Å². The summed E-state index contributed by atoms with van der Waals surface area (Å²) in [6, 6.07) is 8.47. The Kier molecular flexibility index (Phi) is 5.56. The van der Waals surface area contributed by atoms with Crippen molar-refractivity contribution >= 4 is 17.4 Å². The number of carbonyl (C=O) groups is 2. The van der Waals surface area contributed by atoms with Crippen molar-refractivity contribution in [2.75, 3.05) is 27.2 Å². The number of carbonyl (C=O) groups excluding carboxylic acids is 2. The fourth-order valence-electron chi connectivity index (χ4n) is 3.21. The van der Waals surface area contributed by atoms with Crippen LogP contribution in [0.1, 0.15) is 22.9 Å². The second-order valence-corrected chi connectivity index (χ2v) is 7.01. The van der Waals surface area contributed by atoms with Crippen molar-refractivity contribution in [2.45, 2.75) is 13.0 Å². The molecule has 0 radical (unpaired) electrons. The first-order valence-electron chi connectivity index (χ1n) is 8.92. The molecule has 146 valence electrons. The van der Waals surface area contributed by atoms with Gasteiger partial charge in [0, 0.05) is 24.8 Å². The molecule has 0 bridgehead atoms. The number of likely N-dealkylation sites (tertiary alicyclic amines) is 1. The number of amides is 1. The van der Waals surface area contributed by atoms with E-state index in [0.717, 1.165) is 0 Å². The van der Waals surface area contributed by atoms with Crippen LogP contribution in [0.25, 0.3) is 5.76 Å². The zero-order valence-corrected chi connectivity index (χ0v) is 16.0. The highest BCUT2D eigenvalue weighted by molar-refractivity contribution is 6.46. The van der Waals surface area contributed by atoms with Crippen LogP contribution in [0.3, 0.4) is 0 Å². The monoisotopic (exact) mass is 383 g/mol. The van der Waals surface area contributed by atoms with Crippen molar-refractivity contribution in [3.05, 3.63) is 70.8 Å². The Morgan fingerprint density at radius 2 is 2.00 bits per heavy atom. The molecular formula is C21H22FN3O3. The minimum absolute atomic E-state index is 0.0338. The van der Waals surface area contributed by atoms with E-state index in [1.807, 2.05) is 19.0 Å². The first-order chi connectivity index (χ1) is 13.3. The Morgan fingerprint density at radius 3 is 2.61 bits per heavy atom. The van der Waals surface area contributed by atoms with E-state index >= 15 is 0 Å². The SMILES string of the molecule is Cc1cc(/C(O)=C2/C(=O)C(=O)N(CCN(C)C)C2c2ccccn2)ccc1F. The topological polar surface area (TPSA) is 73.7 Å². The number of aryl methyl sites for hydroxylation is 1. The summed E-state index contributed by atoms with van der Waals surface area (Å²) in [5.41, 5.74) is 1.07. The summed E-state index contributed by atoms with van der Waals surface area (Å²) in [5.74, 6) is -2.19. The van der Waals surface area contributed by atoms with Gasteiger partial charge in [-0.2, -0.15) is 0 Å². The van der Waals surface area contributed by atoms with Crippen molar-refractivity contribution in [1.82, 2.24) is 14.8 Å². The third-order valence-electron chi connectivity index (χ3n) is 4.73. The average molecular weight is 383 g/mol. The molecule has 0 saturated carbocycles. The normalized spacial score (nSPS) is 18.9. The number of ketones is 1. The van der Waals surface area contributed by atoms with Crippen LogP contribution in [0.4, 0.5) is 4.39 Å². The molecule has 1 aliphatic rings. The van der Waals surface area contributed by atoms with E-state index in [1.54, 1.807) is 31.3 Å². The van der Waals surface area contributed by atoms with Crippen LogP contribution in [-0.4, -0.2) is 58.8 Å². The summed E-state index contributed by atoms with van der Waals surface area (Å²) in [6.45, 7) is 2.42.